The first-order valence-electron chi connectivity index (χ1n) is 7.69. The van der Waals surface area contributed by atoms with Crippen LogP contribution in [-0.4, -0.2) is 37.5 Å². The molecule has 0 radical (unpaired) electrons. The Labute approximate surface area is 136 Å². The minimum atomic E-state index is -0.172. The molecule has 22 heavy (non-hydrogen) atoms. The number of hydrogen-bond acceptors (Lipinski definition) is 2. The average molecular weight is 323 g/mol. The molecule has 1 aliphatic carbocycles. The molecule has 1 fully saturated rings. The summed E-state index contributed by atoms with van der Waals surface area (Å²) in [6, 6.07) is 7.54. The third-order valence-corrected chi connectivity index (χ3v) is 3.89. The maximum atomic E-state index is 12.0. The molecule has 1 aromatic carbocycles. The number of rotatable bonds is 6. The third kappa shape index (κ3) is 4.91. The Hall–Kier alpha value is -1.75. The van der Waals surface area contributed by atoms with Crippen molar-refractivity contribution in [2.24, 2.45) is 10.9 Å². The summed E-state index contributed by atoms with van der Waals surface area (Å²) in [6.45, 7) is 6.06. The minimum absolute atomic E-state index is 0.172. The van der Waals surface area contributed by atoms with Crippen LogP contribution < -0.4 is 16.0 Å². The van der Waals surface area contributed by atoms with Gasteiger partial charge in [-0.15, -0.1) is 0 Å². The van der Waals surface area contributed by atoms with Gasteiger partial charge in [-0.2, -0.15) is 0 Å². The fourth-order valence-corrected chi connectivity index (χ4v) is 2.32. The van der Waals surface area contributed by atoms with E-state index < -0.39 is 0 Å². The van der Waals surface area contributed by atoms with Crippen molar-refractivity contribution in [1.82, 2.24) is 16.0 Å². The van der Waals surface area contributed by atoms with E-state index >= 15 is 0 Å². The quantitative estimate of drug-likeness (QED) is 0.426. The van der Waals surface area contributed by atoms with Crippen LogP contribution >= 0.6 is 11.6 Å². The Balaban J connectivity index is 1.77. The number of guanidine groups is 1. The maximum absolute atomic E-state index is 12.0. The molecule has 2 unspecified atom stereocenters. The van der Waals surface area contributed by atoms with Gasteiger partial charge in [0.25, 0.3) is 5.91 Å². The van der Waals surface area contributed by atoms with E-state index in [1.54, 1.807) is 24.3 Å². The number of nitrogens with one attached hydrogen (secondary N) is 3. The summed E-state index contributed by atoms with van der Waals surface area (Å²) >= 11 is 5.99. The highest BCUT2D eigenvalue weighted by molar-refractivity contribution is 6.33. The monoisotopic (exact) mass is 322 g/mol. The number of hydrogen-bond donors (Lipinski definition) is 3. The summed E-state index contributed by atoms with van der Waals surface area (Å²) in [5.74, 6) is 1.35. The summed E-state index contributed by atoms with van der Waals surface area (Å²) in [7, 11) is 0. The molecule has 1 aliphatic rings. The van der Waals surface area contributed by atoms with Crippen molar-refractivity contribution >= 4 is 23.5 Å². The van der Waals surface area contributed by atoms with E-state index in [4.69, 9.17) is 11.6 Å². The molecule has 6 heteroatoms. The molecule has 3 N–H and O–H groups in total. The van der Waals surface area contributed by atoms with Gasteiger partial charge < -0.3 is 16.0 Å². The molecule has 0 spiro atoms. The van der Waals surface area contributed by atoms with Gasteiger partial charge in [-0.3, -0.25) is 9.79 Å². The molecule has 0 heterocycles. The van der Waals surface area contributed by atoms with Gasteiger partial charge in [0.2, 0.25) is 0 Å². The molecule has 1 saturated carbocycles. The summed E-state index contributed by atoms with van der Waals surface area (Å²) in [6.07, 6.45) is 1.19. The van der Waals surface area contributed by atoms with Gasteiger partial charge in [0.15, 0.2) is 5.96 Å². The highest BCUT2D eigenvalue weighted by Crippen LogP contribution is 2.28. The van der Waals surface area contributed by atoms with Gasteiger partial charge in [0, 0.05) is 19.1 Å². The number of aliphatic imine (C=N–C) groups is 1. The summed E-state index contributed by atoms with van der Waals surface area (Å²) in [4.78, 5) is 16.5. The van der Waals surface area contributed by atoms with Crippen LogP contribution in [0.2, 0.25) is 5.02 Å². The summed E-state index contributed by atoms with van der Waals surface area (Å²) < 4.78 is 0. The molecule has 2 rings (SSSR count). The third-order valence-electron chi connectivity index (χ3n) is 3.56. The second-order valence-corrected chi connectivity index (χ2v) is 5.87. The average Bonchev–Trinajstić information content (AvgIpc) is 3.19. The second kappa shape index (κ2) is 8.03. The van der Waals surface area contributed by atoms with Crippen molar-refractivity contribution in [1.29, 1.82) is 0 Å². The molecule has 2 atom stereocenters. The Morgan fingerprint density at radius 2 is 2.09 bits per heavy atom. The second-order valence-electron chi connectivity index (χ2n) is 5.46. The van der Waals surface area contributed by atoms with Gasteiger partial charge in [-0.1, -0.05) is 30.7 Å². The number of benzene rings is 1. The van der Waals surface area contributed by atoms with Gasteiger partial charge in [-0.25, -0.2) is 0 Å². The molecule has 0 saturated heterocycles. The molecule has 120 valence electrons. The van der Waals surface area contributed by atoms with Gasteiger partial charge in [0.05, 0.1) is 17.1 Å². The van der Waals surface area contributed by atoms with Gasteiger partial charge in [0.1, 0.15) is 0 Å². The fraction of sp³-hybridized carbons (Fsp3) is 0.500. The van der Waals surface area contributed by atoms with Crippen molar-refractivity contribution < 1.29 is 4.79 Å². The molecule has 0 aliphatic heterocycles. The largest absolute Gasteiger partial charge is 0.357 e. The van der Waals surface area contributed by atoms with E-state index in [2.05, 4.69) is 27.9 Å². The lowest BCUT2D eigenvalue weighted by Gasteiger charge is -2.11. The molecular weight excluding hydrogens is 300 g/mol. The Morgan fingerprint density at radius 1 is 1.36 bits per heavy atom. The van der Waals surface area contributed by atoms with Crippen molar-refractivity contribution in [3.05, 3.63) is 34.9 Å². The highest BCUT2D eigenvalue weighted by atomic mass is 35.5. The van der Waals surface area contributed by atoms with Crippen LogP contribution in [-0.2, 0) is 0 Å². The lowest BCUT2D eigenvalue weighted by atomic mass is 10.2. The van der Waals surface area contributed by atoms with Crippen molar-refractivity contribution in [2.45, 2.75) is 26.3 Å². The lowest BCUT2D eigenvalue weighted by molar-refractivity contribution is 0.0955. The van der Waals surface area contributed by atoms with Crippen LogP contribution in [0.1, 0.15) is 30.6 Å². The van der Waals surface area contributed by atoms with Crippen LogP contribution in [0.5, 0.6) is 0 Å². The zero-order chi connectivity index (χ0) is 15.9. The highest BCUT2D eigenvalue weighted by Gasteiger charge is 2.33. The standard InChI is InChI=1S/C16H23ClN4O/c1-3-18-16(21-14-10-11(14)2)20-9-8-19-15(22)12-6-4-5-7-13(12)17/h4-7,11,14H,3,8-10H2,1-2H3,(H,19,22)(H2,18,20,21). The fourth-order valence-electron chi connectivity index (χ4n) is 2.10. The number of halogens is 1. The number of amides is 1. The van der Waals surface area contributed by atoms with E-state index in [-0.39, 0.29) is 5.91 Å². The van der Waals surface area contributed by atoms with E-state index in [1.807, 2.05) is 6.92 Å². The zero-order valence-corrected chi connectivity index (χ0v) is 13.8. The summed E-state index contributed by atoms with van der Waals surface area (Å²) in [5.41, 5.74) is 0.491. The van der Waals surface area contributed by atoms with Crippen LogP contribution in [0.15, 0.2) is 29.3 Å². The normalized spacial score (nSPS) is 20.4. The van der Waals surface area contributed by atoms with Crippen molar-refractivity contribution in [2.75, 3.05) is 19.6 Å². The van der Waals surface area contributed by atoms with Gasteiger partial charge in [-0.05, 0) is 31.4 Å². The first-order chi connectivity index (χ1) is 10.6. The van der Waals surface area contributed by atoms with E-state index in [0.29, 0.717) is 35.6 Å². The molecule has 0 bridgehead atoms. The Bertz CT molecular complexity index is 547. The van der Waals surface area contributed by atoms with E-state index in [9.17, 15) is 4.79 Å². The topological polar surface area (TPSA) is 65.5 Å². The number of nitrogens with zero attached hydrogens (tertiary/aromatic N) is 1. The lowest BCUT2D eigenvalue weighted by Crippen LogP contribution is -2.39. The van der Waals surface area contributed by atoms with E-state index in [0.717, 1.165) is 12.5 Å². The molecule has 5 nitrogen and oxygen atoms in total. The van der Waals surface area contributed by atoms with Crippen LogP contribution in [0, 0.1) is 5.92 Å². The minimum Gasteiger partial charge on any atom is -0.357 e. The van der Waals surface area contributed by atoms with Crippen LogP contribution in [0.3, 0.4) is 0 Å². The Morgan fingerprint density at radius 3 is 2.73 bits per heavy atom. The summed E-state index contributed by atoms with van der Waals surface area (Å²) in [5, 5.41) is 9.87. The van der Waals surface area contributed by atoms with Crippen LogP contribution in [0.25, 0.3) is 0 Å². The predicted octanol–water partition coefficient (Wildman–Crippen LogP) is 2.03. The smallest absolute Gasteiger partial charge is 0.252 e. The molecule has 1 aromatic rings. The number of carbonyl (C=O) groups is 1. The maximum Gasteiger partial charge on any atom is 0.252 e. The van der Waals surface area contributed by atoms with Gasteiger partial charge >= 0.3 is 0 Å². The molecular formula is C16H23ClN4O. The zero-order valence-electron chi connectivity index (χ0n) is 13.0. The predicted molar refractivity (Wildman–Crippen MR) is 90.5 cm³/mol. The molecule has 0 aromatic heterocycles. The van der Waals surface area contributed by atoms with Crippen LogP contribution in [0.4, 0.5) is 0 Å². The first-order valence-corrected chi connectivity index (χ1v) is 8.07. The Kier molecular flexibility index (Phi) is 6.07. The SMILES string of the molecule is CCNC(=NCCNC(=O)c1ccccc1Cl)NC1CC1C. The van der Waals surface area contributed by atoms with Crippen molar-refractivity contribution in [3.63, 3.8) is 0 Å². The van der Waals surface area contributed by atoms with E-state index in [1.165, 1.54) is 6.42 Å². The van der Waals surface area contributed by atoms with Crippen molar-refractivity contribution in [3.8, 4) is 0 Å². The molecule has 1 amide bonds. The number of carbonyl (C=O) groups excluding carboxylic acids is 1. The first kappa shape index (κ1) is 16.6.